The van der Waals surface area contributed by atoms with Crippen molar-refractivity contribution < 1.29 is 10.2 Å². The van der Waals surface area contributed by atoms with Gasteiger partial charge in [0.1, 0.15) is 0 Å². The summed E-state index contributed by atoms with van der Waals surface area (Å²) >= 11 is 5.88. The molecule has 1 rings (SSSR count). The second-order valence-electron chi connectivity index (χ2n) is 3.46. The average molecular weight is 215 g/mol. The van der Waals surface area contributed by atoms with Crippen molar-refractivity contribution in [1.82, 2.24) is 0 Å². The molecule has 2 nitrogen and oxygen atoms in total. The first-order chi connectivity index (χ1) is 6.63. The van der Waals surface area contributed by atoms with Gasteiger partial charge in [0, 0.05) is 5.02 Å². The van der Waals surface area contributed by atoms with Crippen molar-refractivity contribution in [3.63, 3.8) is 0 Å². The maximum atomic E-state index is 9.17. The summed E-state index contributed by atoms with van der Waals surface area (Å²) in [6, 6.07) is 5.81. The average Bonchev–Trinajstić information content (AvgIpc) is 2.19. The minimum absolute atomic E-state index is 0.174. The third kappa shape index (κ3) is 3.29. The molecule has 0 bridgehead atoms. The van der Waals surface area contributed by atoms with Crippen LogP contribution in [-0.4, -0.2) is 22.9 Å². The molecule has 0 heterocycles. The second kappa shape index (κ2) is 5.35. The van der Waals surface area contributed by atoms with Crippen LogP contribution in [0, 0.1) is 6.92 Å². The summed E-state index contributed by atoms with van der Waals surface area (Å²) in [5.41, 5.74) is 2.18. The van der Waals surface area contributed by atoms with Gasteiger partial charge in [0.2, 0.25) is 0 Å². The normalized spacial score (nSPS) is 12.9. The van der Waals surface area contributed by atoms with Crippen molar-refractivity contribution in [2.24, 2.45) is 0 Å². The lowest BCUT2D eigenvalue weighted by atomic mass is 10.1. The van der Waals surface area contributed by atoms with Crippen molar-refractivity contribution in [1.29, 1.82) is 0 Å². The molecule has 0 aliphatic rings. The highest BCUT2D eigenvalue weighted by atomic mass is 35.5. The van der Waals surface area contributed by atoms with E-state index in [-0.39, 0.29) is 6.61 Å². The van der Waals surface area contributed by atoms with E-state index in [2.05, 4.69) is 0 Å². The van der Waals surface area contributed by atoms with E-state index in [0.29, 0.717) is 6.42 Å². The van der Waals surface area contributed by atoms with Gasteiger partial charge >= 0.3 is 0 Å². The van der Waals surface area contributed by atoms with Crippen LogP contribution in [0.1, 0.15) is 17.5 Å². The lowest BCUT2D eigenvalue weighted by molar-refractivity contribution is 0.0886. The summed E-state index contributed by atoms with van der Waals surface area (Å²) < 4.78 is 0. The molecule has 1 unspecified atom stereocenters. The van der Waals surface area contributed by atoms with Gasteiger partial charge in [-0.1, -0.05) is 23.7 Å². The molecule has 0 aliphatic heterocycles. The molecule has 14 heavy (non-hydrogen) atoms. The van der Waals surface area contributed by atoms with Crippen LogP contribution >= 0.6 is 11.6 Å². The monoisotopic (exact) mass is 214 g/mol. The summed E-state index contributed by atoms with van der Waals surface area (Å²) in [6.07, 6.45) is 0.725. The van der Waals surface area contributed by atoms with Gasteiger partial charge in [0.05, 0.1) is 12.7 Å². The smallest absolute Gasteiger partial charge is 0.0774 e. The quantitative estimate of drug-likeness (QED) is 0.804. The van der Waals surface area contributed by atoms with Crippen molar-refractivity contribution in [3.05, 3.63) is 34.3 Å². The van der Waals surface area contributed by atoms with Gasteiger partial charge in [-0.25, -0.2) is 0 Å². The molecule has 0 saturated carbocycles. The zero-order chi connectivity index (χ0) is 10.6. The number of hydrogen-bond acceptors (Lipinski definition) is 2. The fraction of sp³-hybridized carbons (Fsp3) is 0.455. The summed E-state index contributed by atoms with van der Waals surface area (Å²) in [5.74, 6) is 0. The first-order valence-corrected chi connectivity index (χ1v) is 5.05. The number of aryl methyl sites for hydroxylation is 2. The van der Waals surface area contributed by atoms with Gasteiger partial charge in [-0.15, -0.1) is 0 Å². The maximum Gasteiger partial charge on any atom is 0.0774 e. The molecule has 0 aromatic heterocycles. The molecule has 0 radical (unpaired) electrons. The summed E-state index contributed by atoms with van der Waals surface area (Å²) in [5, 5.41) is 18.6. The first-order valence-electron chi connectivity index (χ1n) is 4.67. The number of halogens is 1. The third-order valence-electron chi connectivity index (χ3n) is 2.20. The van der Waals surface area contributed by atoms with Crippen molar-refractivity contribution in [2.45, 2.75) is 25.9 Å². The van der Waals surface area contributed by atoms with E-state index in [9.17, 15) is 0 Å². The number of aliphatic hydroxyl groups excluding tert-OH is 2. The van der Waals surface area contributed by atoms with Crippen LogP contribution in [0.15, 0.2) is 18.2 Å². The first kappa shape index (κ1) is 11.5. The van der Waals surface area contributed by atoms with E-state index >= 15 is 0 Å². The van der Waals surface area contributed by atoms with Crippen LogP contribution < -0.4 is 0 Å². The van der Waals surface area contributed by atoms with Crippen molar-refractivity contribution >= 4 is 11.6 Å². The number of benzene rings is 1. The lowest BCUT2D eigenvalue weighted by Crippen LogP contribution is -2.12. The predicted octanol–water partition coefficient (Wildman–Crippen LogP) is 1.93. The van der Waals surface area contributed by atoms with Crippen LogP contribution in [-0.2, 0) is 6.42 Å². The number of rotatable bonds is 4. The zero-order valence-electron chi connectivity index (χ0n) is 8.20. The number of aliphatic hydroxyl groups is 2. The van der Waals surface area contributed by atoms with Crippen LogP contribution in [0.5, 0.6) is 0 Å². The molecule has 0 saturated heterocycles. The third-order valence-corrected chi connectivity index (χ3v) is 2.62. The zero-order valence-corrected chi connectivity index (χ0v) is 8.96. The Kier molecular flexibility index (Phi) is 4.39. The topological polar surface area (TPSA) is 40.5 Å². The van der Waals surface area contributed by atoms with Gasteiger partial charge < -0.3 is 10.2 Å². The molecule has 3 heteroatoms. The van der Waals surface area contributed by atoms with Gasteiger partial charge in [-0.2, -0.15) is 0 Å². The van der Waals surface area contributed by atoms with Crippen LogP contribution in [0.4, 0.5) is 0 Å². The van der Waals surface area contributed by atoms with Gasteiger partial charge in [0.15, 0.2) is 0 Å². The fourth-order valence-corrected chi connectivity index (χ4v) is 1.40. The maximum absolute atomic E-state index is 9.17. The molecule has 78 valence electrons. The highest BCUT2D eigenvalue weighted by Gasteiger charge is 2.03. The molecule has 0 spiro atoms. The van der Waals surface area contributed by atoms with E-state index in [1.807, 2.05) is 25.1 Å². The molecule has 0 amide bonds. The molecule has 0 fully saturated rings. The van der Waals surface area contributed by atoms with Crippen molar-refractivity contribution in [2.75, 3.05) is 6.61 Å². The van der Waals surface area contributed by atoms with E-state index in [1.165, 1.54) is 0 Å². The second-order valence-corrected chi connectivity index (χ2v) is 3.87. The Hall–Kier alpha value is -0.570. The minimum atomic E-state index is -0.619. The van der Waals surface area contributed by atoms with E-state index in [0.717, 1.165) is 22.6 Å². The fourth-order valence-electron chi connectivity index (χ4n) is 1.29. The van der Waals surface area contributed by atoms with Gasteiger partial charge in [-0.05, 0) is 37.0 Å². The lowest BCUT2D eigenvalue weighted by Gasteiger charge is -2.07. The Bertz CT molecular complexity index is 299. The van der Waals surface area contributed by atoms with E-state index in [1.54, 1.807) is 0 Å². The van der Waals surface area contributed by atoms with E-state index in [4.69, 9.17) is 21.8 Å². The van der Waals surface area contributed by atoms with Crippen molar-refractivity contribution in [3.8, 4) is 0 Å². The number of hydrogen-bond donors (Lipinski definition) is 2. The summed E-state index contributed by atoms with van der Waals surface area (Å²) in [4.78, 5) is 0. The van der Waals surface area contributed by atoms with Crippen LogP contribution in [0.2, 0.25) is 5.02 Å². The van der Waals surface area contributed by atoms with E-state index < -0.39 is 6.10 Å². The molecule has 1 aromatic rings. The molecular weight excluding hydrogens is 200 g/mol. The predicted molar refractivity (Wildman–Crippen MR) is 57.6 cm³/mol. The highest BCUT2D eigenvalue weighted by molar-refractivity contribution is 6.31. The van der Waals surface area contributed by atoms with Crippen LogP contribution in [0.3, 0.4) is 0 Å². The Labute approximate surface area is 89.1 Å². The Morgan fingerprint density at radius 1 is 1.43 bits per heavy atom. The van der Waals surface area contributed by atoms with Crippen LogP contribution in [0.25, 0.3) is 0 Å². The van der Waals surface area contributed by atoms with Gasteiger partial charge in [0.25, 0.3) is 0 Å². The largest absolute Gasteiger partial charge is 0.394 e. The standard InChI is InChI=1S/C11H15ClO2/c1-8-6-9(3-5-11(8)12)2-4-10(14)7-13/h3,5-6,10,13-14H,2,4,7H2,1H3. The molecule has 2 N–H and O–H groups in total. The Morgan fingerprint density at radius 3 is 2.71 bits per heavy atom. The summed E-state index contributed by atoms with van der Waals surface area (Å²) in [6.45, 7) is 1.78. The minimum Gasteiger partial charge on any atom is -0.394 e. The van der Waals surface area contributed by atoms with Gasteiger partial charge in [-0.3, -0.25) is 0 Å². The summed E-state index contributed by atoms with van der Waals surface area (Å²) in [7, 11) is 0. The highest BCUT2D eigenvalue weighted by Crippen LogP contribution is 2.17. The molecule has 1 aromatic carbocycles. The SMILES string of the molecule is Cc1cc(CCC(O)CO)ccc1Cl. The Morgan fingerprint density at radius 2 is 2.14 bits per heavy atom. The Balaban J connectivity index is 2.55. The molecular formula is C11H15ClO2. The molecule has 1 atom stereocenters. The molecule has 0 aliphatic carbocycles.